The Balaban J connectivity index is 1.82. The number of aryl methyl sites for hydroxylation is 2. The molecule has 0 saturated carbocycles. The summed E-state index contributed by atoms with van der Waals surface area (Å²) in [4.78, 5) is 15.3. The van der Waals surface area contributed by atoms with E-state index in [1.165, 1.54) is 0 Å². The summed E-state index contributed by atoms with van der Waals surface area (Å²) in [6.07, 6.45) is 7.09. The highest BCUT2D eigenvalue weighted by Crippen LogP contribution is 2.25. The molecular formula is C22H29N3O2. The van der Waals surface area contributed by atoms with E-state index in [2.05, 4.69) is 17.3 Å². The van der Waals surface area contributed by atoms with Crippen LogP contribution in [0.25, 0.3) is 0 Å². The van der Waals surface area contributed by atoms with Crippen molar-refractivity contribution in [2.24, 2.45) is 13.0 Å². The molecule has 1 aliphatic carbocycles. The molecule has 2 aromatic rings. The maximum Gasteiger partial charge on any atom is 0.256 e. The first-order valence-corrected chi connectivity index (χ1v) is 9.59. The van der Waals surface area contributed by atoms with Crippen molar-refractivity contribution in [2.75, 3.05) is 13.7 Å². The predicted octanol–water partition coefficient (Wildman–Crippen LogP) is 3.80. The molecule has 1 amide bonds. The summed E-state index contributed by atoms with van der Waals surface area (Å²) in [5.74, 6) is 0.485. The quantitative estimate of drug-likeness (QED) is 0.699. The van der Waals surface area contributed by atoms with Gasteiger partial charge in [0.1, 0.15) is 0 Å². The molecule has 0 N–H and O–H groups in total. The van der Waals surface area contributed by atoms with Gasteiger partial charge in [-0.3, -0.25) is 9.48 Å². The van der Waals surface area contributed by atoms with Gasteiger partial charge in [-0.1, -0.05) is 42.5 Å². The van der Waals surface area contributed by atoms with Crippen molar-refractivity contribution in [3.8, 4) is 0 Å². The summed E-state index contributed by atoms with van der Waals surface area (Å²) in [5, 5.41) is 4.55. The molecule has 1 aliphatic rings. The number of carbonyl (C=O) groups excluding carboxylic acids is 1. The van der Waals surface area contributed by atoms with E-state index in [1.54, 1.807) is 7.11 Å². The van der Waals surface area contributed by atoms with Gasteiger partial charge in [0.15, 0.2) is 6.10 Å². The molecule has 0 saturated heterocycles. The molecule has 0 spiro atoms. The van der Waals surface area contributed by atoms with Crippen LogP contribution in [0.5, 0.6) is 0 Å². The van der Waals surface area contributed by atoms with Gasteiger partial charge in [-0.25, -0.2) is 0 Å². The van der Waals surface area contributed by atoms with E-state index in [1.807, 2.05) is 60.0 Å². The first-order valence-electron chi connectivity index (χ1n) is 9.59. The summed E-state index contributed by atoms with van der Waals surface area (Å²) < 4.78 is 7.46. The normalized spacial score (nSPS) is 17.7. The second-order valence-corrected chi connectivity index (χ2v) is 7.30. The molecule has 5 heteroatoms. The van der Waals surface area contributed by atoms with Crippen LogP contribution in [0.3, 0.4) is 0 Å². The Labute approximate surface area is 161 Å². The molecule has 0 unspecified atom stereocenters. The van der Waals surface area contributed by atoms with Crippen LogP contribution in [0.15, 0.2) is 48.6 Å². The Morgan fingerprint density at radius 1 is 1.33 bits per heavy atom. The van der Waals surface area contributed by atoms with Gasteiger partial charge >= 0.3 is 0 Å². The molecule has 1 heterocycles. The van der Waals surface area contributed by atoms with Gasteiger partial charge < -0.3 is 9.64 Å². The van der Waals surface area contributed by atoms with Crippen LogP contribution < -0.4 is 0 Å². The zero-order chi connectivity index (χ0) is 19.2. The lowest BCUT2D eigenvalue weighted by Crippen LogP contribution is -2.39. The number of benzene rings is 1. The van der Waals surface area contributed by atoms with E-state index in [-0.39, 0.29) is 5.91 Å². The number of hydrogen-bond acceptors (Lipinski definition) is 3. The minimum atomic E-state index is -0.588. The van der Waals surface area contributed by atoms with Crippen LogP contribution in [0.1, 0.15) is 42.3 Å². The predicted molar refractivity (Wildman–Crippen MR) is 106 cm³/mol. The van der Waals surface area contributed by atoms with Gasteiger partial charge in [0.2, 0.25) is 0 Å². The highest BCUT2D eigenvalue weighted by Gasteiger charge is 2.28. The first kappa shape index (κ1) is 19.4. The molecular weight excluding hydrogens is 338 g/mol. The minimum Gasteiger partial charge on any atom is -0.367 e. The number of ether oxygens (including phenoxy) is 1. The number of aromatic nitrogens is 2. The Hall–Kier alpha value is -2.40. The van der Waals surface area contributed by atoms with E-state index in [9.17, 15) is 4.79 Å². The number of hydrogen-bond donors (Lipinski definition) is 0. The lowest BCUT2D eigenvalue weighted by molar-refractivity contribution is -0.144. The highest BCUT2D eigenvalue weighted by molar-refractivity contribution is 5.82. The lowest BCUT2D eigenvalue weighted by Gasteiger charge is -2.30. The number of amides is 1. The second-order valence-electron chi connectivity index (χ2n) is 7.30. The first-order chi connectivity index (χ1) is 13.1. The third-order valence-electron chi connectivity index (χ3n) is 5.25. The van der Waals surface area contributed by atoms with E-state index in [0.717, 1.165) is 42.8 Å². The Kier molecular flexibility index (Phi) is 6.45. The van der Waals surface area contributed by atoms with E-state index >= 15 is 0 Å². The third kappa shape index (κ3) is 4.86. The summed E-state index contributed by atoms with van der Waals surface area (Å²) >= 11 is 0. The smallest absolute Gasteiger partial charge is 0.256 e. The molecule has 2 atom stereocenters. The van der Waals surface area contributed by atoms with Crippen LogP contribution >= 0.6 is 0 Å². The summed E-state index contributed by atoms with van der Waals surface area (Å²) in [6, 6.07) is 11.8. The Morgan fingerprint density at radius 3 is 2.70 bits per heavy atom. The van der Waals surface area contributed by atoms with Crippen LogP contribution in [-0.2, 0) is 23.1 Å². The zero-order valence-corrected chi connectivity index (χ0v) is 16.5. The van der Waals surface area contributed by atoms with E-state index in [0.29, 0.717) is 12.5 Å². The number of methoxy groups -OCH3 is 1. The largest absolute Gasteiger partial charge is 0.367 e. The molecule has 0 fully saturated rings. The number of nitrogens with zero attached hydrogens (tertiary/aromatic N) is 3. The standard InChI is InChI=1S/C22H29N3O2/c1-17-14-20(23-24(17)2)16-25(15-18-10-6-4-7-11-18)22(26)21(27-3)19-12-8-5-9-13-19/h4-6,8-9,12-14,18,21H,7,10-11,15-16H2,1-3H3/t18-,21+/m1/s1. The molecule has 27 heavy (non-hydrogen) atoms. The fourth-order valence-corrected chi connectivity index (χ4v) is 3.65. The fourth-order valence-electron chi connectivity index (χ4n) is 3.65. The SMILES string of the molecule is CO[C@H](C(=O)N(Cc1cc(C)n(C)n1)C[C@@H]1CC=CCC1)c1ccccc1. The van der Waals surface area contributed by atoms with Crippen molar-refractivity contribution >= 4 is 5.91 Å². The van der Waals surface area contributed by atoms with Gasteiger partial charge in [-0.15, -0.1) is 0 Å². The molecule has 1 aromatic heterocycles. The third-order valence-corrected chi connectivity index (χ3v) is 5.25. The average Bonchev–Trinajstić information content (AvgIpc) is 3.00. The van der Waals surface area contributed by atoms with Crippen molar-refractivity contribution in [2.45, 2.75) is 38.8 Å². The Bertz CT molecular complexity index is 763. The molecule has 0 radical (unpaired) electrons. The van der Waals surface area contributed by atoms with Crippen LogP contribution in [0.4, 0.5) is 0 Å². The molecule has 0 bridgehead atoms. The average molecular weight is 367 g/mol. The van der Waals surface area contributed by atoms with Gasteiger partial charge in [0, 0.05) is 26.4 Å². The maximum atomic E-state index is 13.4. The van der Waals surface area contributed by atoms with Gasteiger partial charge in [0.25, 0.3) is 5.91 Å². The van der Waals surface area contributed by atoms with E-state index < -0.39 is 6.10 Å². The van der Waals surface area contributed by atoms with Crippen molar-refractivity contribution in [1.82, 2.24) is 14.7 Å². The van der Waals surface area contributed by atoms with Crippen molar-refractivity contribution in [3.05, 3.63) is 65.5 Å². The molecule has 144 valence electrons. The molecule has 3 rings (SSSR count). The zero-order valence-electron chi connectivity index (χ0n) is 16.5. The van der Waals surface area contributed by atoms with Crippen LogP contribution in [-0.4, -0.2) is 34.2 Å². The van der Waals surface area contributed by atoms with Crippen molar-refractivity contribution in [3.63, 3.8) is 0 Å². The minimum absolute atomic E-state index is 0.00144. The second kappa shape index (κ2) is 9.00. The summed E-state index contributed by atoms with van der Waals surface area (Å²) in [5.41, 5.74) is 2.89. The van der Waals surface area contributed by atoms with Gasteiger partial charge in [-0.2, -0.15) is 5.10 Å². The summed E-state index contributed by atoms with van der Waals surface area (Å²) in [6.45, 7) is 3.26. The monoisotopic (exact) mass is 367 g/mol. The molecule has 1 aromatic carbocycles. The van der Waals surface area contributed by atoms with E-state index in [4.69, 9.17) is 4.74 Å². The maximum absolute atomic E-state index is 13.4. The molecule has 5 nitrogen and oxygen atoms in total. The number of rotatable bonds is 7. The Morgan fingerprint density at radius 2 is 2.11 bits per heavy atom. The van der Waals surface area contributed by atoms with Crippen LogP contribution in [0, 0.1) is 12.8 Å². The van der Waals surface area contributed by atoms with Crippen molar-refractivity contribution in [1.29, 1.82) is 0 Å². The number of allylic oxidation sites excluding steroid dienone is 2. The van der Waals surface area contributed by atoms with Crippen molar-refractivity contribution < 1.29 is 9.53 Å². The molecule has 0 aliphatic heterocycles. The number of carbonyl (C=O) groups is 1. The topological polar surface area (TPSA) is 47.4 Å². The highest BCUT2D eigenvalue weighted by atomic mass is 16.5. The lowest BCUT2D eigenvalue weighted by atomic mass is 9.93. The van der Waals surface area contributed by atoms with Gasteiger partial charge in [-0.05, 0) is 43.7 Å². The summed E-state index contributed by atoms with van der Waals surface area (Å²) in [7, 11) is 3.53. The van der Waals surface area contributed by atoms with Gasteiger partial charge in [0.05, 0.1) is 12.2 Å². The van der Waals surface area contributed by atoms with Crippen LogP contribution in [0.2, 0.25) is 0 Å². The fraction of sp³-hybridized carbons (Fsp3) is 0.455.